The smallest absolute Gasteiger partial charge is 0.313 e. The van der Waals surface area contributed by atoms with Crippen molar-refractivity contribution in [1.82, 2.24) is 10.3 Å². The van der Waals surface area contributed by atoms with E-state index in [1.807, 2.05) is 86.7 Å². The van der Waals surface area contributed by atoms with Crippen LogP contribution in [0.1, 0.15) is 52.7 Å². The summed E-state index contributed by atoms with van der Waals surface area (Å²) in [6.07, 6.45) is 3.83. The number of benzene rings is 3. The molecule has 3 aliphatic rings. The molecule has 3 aromatic carbocycles. The molecule has 3 aliphatic carbocycles. The van der Waals surface area contributed by atoms with E-state index < -0.39 is 16.9 Å². The van der Waals surface area contributed by atoms with E-state index >= 15 is 0 Å². The van der Waals surface area contributed by atoms with E-state index in [-0.39, 0.29) is 5.91 Å². The van der Waals surface area contributed by atoms with Crippen LogP contribution in [0.4, 0.5) is 0 Å². The lowest BCUT2D eigenvalue weighted by atomic mass is 9.57. The van der Waals surface area contributed by atoms with E-state index in [0.717, 1.165) is 48.9 Å². The number of pyridine rings is 1. The number of aliphatic carboxylic acids is 1. The fraction of sp³-hybridized carbons (Fsp3) is 0.265. The van der Waals surface area contributed by atoms with Gasteiger partial charge in [-0.15, -0.1) is 0 Å². The summed E-state index contributed by atoms with van der Waals surface area (Å²) >= 11 is 3.58. The quantitative estimate of drug-likeness (QED) is 0.236. The number of carbonyl (C=O) groups is 2. The highest BCUT2D eigenvalue weighted by Crippen LogP contribution is 2.56. The summed E-state index contributed by atoms with van der Waals surface area (Å²) in [6, 6.07) is 21.6. The van der Waals surface area contributed by atoms with Gasteiger partial charge in [-0.25, -0.2) is 4.98 Å². The Labute approximate surface area is 247 Å². The molecule has 0 unspecified atom stereocenters. The standard InChI is InChI=1S/C34H31BrN2O4/c1-20-8-7-11-24(30(20)41-3)26-19-33(32(39)40)14-16-34(26,17-15-33)37-31(38)28-21(2)29(22-9-5-4-6-10-22)36-27-13-12-23(35)18-25(27)28/h4-13,18-19H,14-17H2,1-3H3,(H,37,38)(H,39,40). The van der Waals surface area contributed by atoms with Gasteiger partial charge >= 0.3 is 5.97 Å². The monoisotopic (exact) mass is 610 g/mol. The number of aromatic nitrogens is 1. The maximum atomic E-state index is 14.5. The molecule has 2 N–H and O–H groups in total. The van der Waals surface area contributed by atoms with Crippen LogP contribution in [0.2, 0.25) is 0 Å². The molecule has 0 spiro atoms. The predicted molar refractivity (Wildman–Crippen MR) is 164 cm³/mol. The number of carboxylic acids is 1. The van der Waals surface area contributed by atoms with E-state index in [1.54, 1.807) is 7.11 Å². The molecule has 4 aromatic rings. The number of carbonyl (C=O) groups excluding carboxylic acids is 1. The van der Waals surface area contributed by atoms with Crippen molar-refractivity contribution in [3.8, 4) is 17.0 Å². The van der Waals surface area contributed by atoms with Gasteiger partial charge < -0.3 is 15.2 Å². The van der Waals surface area contributed by atoms with E-state index in [4.69, 9.17) is 9.72 Å². The highest BCUT2D eigenvalue weighted by Gasteiger charge is 2.54. The Hall–Kier alpha value is -3.97. The molecule has 0 aliphatic heterocycles. The van der Waals surface area contributed by atoms with E-state index in [0.29, 0.717) is 37.0 Å². The van der Waals surface area contributed by atoms with Gasteiger partial charge in [0.15, 0.2) is 0 Å². The summed E-state index contributed by atoms with van der Waals surface area (Å²) in [5.74, 6) is -0.330. The second-order valence-corrected chi connectivity index (χ2v) is 12.1. The minimum atomic E-state index is -0.957. The van der Waals surface area contributed by atoms with Crippen molar-refractivity contribution in [2.45, 2.75) is 45.1 Å². The Morgan fingerprint density at radius 1 is 0.976 bits per heavy atom. The summed E-state index contributed by atoms with van der Waals surface area (Å²) in [5, 5.41) is 14.5. The molecule has 0 radical (unpaired) electrons. The Morgan fingerprint density at radius 2 is 1.71 bits per heavy atom. The average molecular weight is 612 g/mol. The number of hydrogen-bond donors (Lipinski definition) is 2. The van der Waals surface area contributed by atoms with Gasteiger partial charge in [-0.05, 0) is 74.4 Å². The number of aryl methyl sites for hydroxylation is 1. The zero-order chi connectivity index (χ0) is 28.9. The summed E-state index contributed by atoms with van der Waals surface area (Å²) in [6.45, 7) is 3.91. The minimum Gasteiger partial charge on any atom is -0.496 e. The second kappa shape index (κ2) is 10.1. The molecule has 1 aromatic heterocycles. The van der Waals surface area contributed by atoms with Crippen molar-refractivity contribution in [3.05, 3.63) is 99.5 Å². The van der Waals surface area contributed by atoms with Crippen LogP contribution >= 0.6 is 15.9 Å². The molecular formula is C34H31BrN2O4. The van der Waals surface area contributed by atoms with Gasteiger partial charge in [0.1, 0.15) is 5.75 Å². The first kappa shape index (κ1) is 27.2. The molecule has 1 saturated carbocycles. The van der Waals surface area contributed by atoms with Crippen LogP contribution < -0.4 is 10.1 Å². The SMILES string of the molecule is COc1c(C)cccc1C1=CC2(C(=O)O)CCC1(NC(=O)c1c(C)c(-c3ccccc3)nc3ccc(Br)cc13)CC2. The van der Waals surface area contributed by atoms with Crippen LogP contribution in [0.15, 0.2) is 77.3 Å². The first-order valence-electron chi connectivity index (χ1n) is 13.8. The number of hydrogen-bond acceptors (Lipinski definition) is 4. The van der Waals surface area contributed by atoms with Crippen LogP contribution in [-0.2, 0) is 4.79 Å². The lowest BCUT2D eigenvalue weighted by molar-refractivity contribution is -0.148. The number of rotatable bonds is 6. The van der Waals surface area contributed by atoms with Crippen molar-refractivity contribution in [2.24, 2.45) is 5.41 Å². The summed E-state index contributed by atoms with van der Waals surface area (Å²) in [4.78, 5) is 32.0. The second-order valence-electron chi connectivity index (χ2n) is 11.2. The predicted octanol–water partition coefficient (Wildman–Crippen LogP) is 7.50. The average Bonchev–Trinajstić information content (AvgIpc) is 2.97. The zero-order valence-corrected chi connectivity index (χ0v) is 24.8. The molecule has 1 heterocycles. The fourth-order valence-corrected chi connectivity index (χ4v) is 7.03. The number of methoxy groups -OCH3 is 1. The molecule has 1 amide bonds. The molecular weight excluding hydrogens is 580 g/mol. The van der Waals surface area contributed by atoms with Crippen LogP contribution in [0.5, 0.6) is 5.75 Å². The zero-order valence-electron chi connectivity index (χ0n) is 23.3. The number of amides is 1. The van der Waals surface area contributed by atoms with Gasteiger partial charge in [0.2, 0.25) is 0 Å². The van der Waals surface area contributed by atoms with Gasteiger partial charge in [0, 0.05) is 21.0 Å². The van der Waals surface area contributed by atoms with Gasteiger partial charge in [-0.3, -0.25) is 9.59 Å². The number of halogens is 1. The summed E-state index contributed by atoms with van der Waals surface area (Å²) in [5.41, 5.74) is 4.68. The largest absolute Gasteiger partial charge is 0.496 e. The Bertz CT molecular complexity index is 1740. The van der Waals surface area contributed by atoms with Crippen molar-refractivity contribution in [1.29, 1.82) is 0 Å². The normalized spacial score (nSPS) is 21.4. The topological polar surface area (TPSA) is 88.5 Å². The van der Waals surface area contributed by atoms with Crippen molar-refractivity contribution in [3.63, 3.8) is 0 Å². The maximum Gasteiger partial charge on any atom is 0.313 e. The van der Waals surface area contributed by atoms with Crippen LogP contribution in [-0.4, -0.2) is 34.6 Å². The molecule has 7 rings (SSSR count). The fourth-order valence-electron chi connectivity index (χ4n) is 6.67. The third-order valence-corrected chi connectivity index (χ3v) is 9.37. The van der Waals surface area contributed by atoms with Crippen LogP contribution in [0.25, 0.3) is 27.7 Å². The molecule has 0 atom stereocenters. The summed E-state index contributed by atoms with van der Waals surface area (Å²) in [7, 11) is 1.63. The highest BCUT2D eigenvalue weighted by atomic mass is 79.9. The lowest BCUT2D eigenvalue weighted by Gasteiger charge is -2.51. The van der Waals surface area contributed by atoms with Gasteiger partial charge in [0.05, 0.1) is 34.8 Å². The van der Waals surface area contributed by atoms with Gasteiger partial charge in [-0.2, -0.15) is 0 Å². The Morgan fingerprint density at radius 3 is 2.39 bits per heavy atom. The van der Waals surface area contributed by atoms with Crippen LogP contribution in [0, 0.1) is 19.3 Å². The molecule has 6 nitrogen and oxygen atoms in total. The third kappa shape index (κ3) is 4.43. The molecule has 0 saturated heterocycles. The van der Waals surface area contributed by atoms with E-state index in [1.165, 1.54) is 0 Å². The Balaban J connectivity index is 1.52. The number of nitrogens with one attached hydrogen (secondary N) is 1. The van der Waals surface area contributed by atoms with Gasteiger partial charge in [0.25, 0.3) is 5.91 Å². The first-order valence-corrected chi connectivity index (χ1v) is 14.6. The Kier molecular flexibility index (Phi) is 6.73. The van der Waals surface area contributed by atoms with Crippen molar-refractivity contribution < 1.29 is 19.4 Å². The van der Waals surface area contributed by atoms with Gasteiger partial charge in [-0.1, -0.05) is 70.5 Å². The number of nitrogens with zero attached hydrogens (tertiary/aromatic N) is 1. The van der Waals surface area contributed by atoms with E-state index in [9.17, 15) is 14.7 Å². The number of fused-ring (bicyclic) bond motifs is 3. The van der Waals surface area contributed by atoms with Crippen molar-refractivity contribution >= 4 is 44.3 Å². The lowest BCUT2D eigenvalue weighted by Crippen LogP contribution is -2.57. The molecule has 1 fully saturated rings. The van der Waals surface area contributed by atoms with Crippen LogP contribution in [0.3, 0.4) is 0 Å². The number of ether oxygens (including phenoxy) is 1. The number of para-hydroxylation sites is 1. The first-order chi connectivity index (χ1) is 19.7. The molecule has 41 heavy (non-hydrogen) atoms. The summed E-state index contributed by atoms with van der Waals surface area (Å²) < 4.78 is 6.66. The molecule has 208 valence electrons. The van der Waals surface area contributed by atoms with Crippen molar-refractivity contribution in [2.75, 3.05) is 7.11 Å². The number of carboxylic acid groups (broad SMARTS) is 1. The third-order valence-electron chi connectivity index (χ3n) is 8.88. The molecule has 7 heteroatoms. The maximum absolute atomic E-state index is 14.5. The highest BCUT2D eigenvalue weighted by molar-refractivity contribution is 9.10. The minimum absolute atomic E-state index is 0.201. The molecule has 2 bridgehead atoms. The van der Waals surface area contributed by atoms with E-state index in [2.05, 4.69) is 21.2 Å².